The van der Waals surface area contributed by atoms with Gasteiger partial charge in [-0.05, 0) is 12.8 Å². The lowest BCUT2D eigenvalue weighted by Gasteiger charge is -2.16. The van der Waals surface area contributed by atoms with Crippen LogP contribution in [-0.2, 0) is 11.3 Å². The number of nitrogens with zero attached hydrogens (tertiary/aromatic N) is 2. The van der Waals surface area contributed by atoms with Gasteiger partial charge in [-0.15, -0.1) is 0 Å². The fourth-order valence-corrected chi connectivity index (χ4v) is 2.46. The van der Waals surface area contributed by atoms with Gasteiger partial charge in [-0.1, -0.05) is 38.5 Å². The first-order valence-corrected chi connectivity index (χ1v) is 6.93. The van der Waals surface area contributed by atoms with Crippen molar-refractivity contribution >= 4 is 17.7 Å². The van der Waals surface area contributed by atoms with Gasteiger partial charge in [0.1, 0.15) is 0 Å². The average Bonchev–Trinajstić information content (AvgIpc) is 2.64. The van der Waals surface area contributed by atoms with Crippen molar-refractivity contribution in [3.63, 3.8) is 0 Å². The van der Waals surface area contributed by atoms with Crippen LogP contribution in [0.3, 0.4) is 0 Å². The number of carbonyl (C=O) groups is 1. The Kier molecular flexibility index (Phi) is 5.55. The molecule has 0 atom stereocenters. The Morgan fingerprint density at radius 3 is 2.71 bits per heavy atom. The maximum Gasteiger partial charge on any atom is 0.313 e. The lowest BCUT2D eigenvalue weighted by molar-refractivity contribution is -0.133. The van der Waals surface area contributed by atoms with Gasteiger partial charge in [-0.2, -0.15) is 0 Å². The fourth-order valence-electron chi connectivity index (χ4n) is 1.71. The molecule has 0 spiro atoms. The van der Waals surface area contributed by atoms with Crippen LogP contribution in [0.2, 0.25) is 0 Å². The van der Waals surface area contributed by atoms with Crippen LogP contribution in [0.5, 0.6) is 0 Å². The molecule has 0 aliphatic heterocycles. The first-order chi connectivity index (χ1) is 8.08. The zero-order valence-electron chi connectivity index (χ0n) is 10.6. The number of carboxylic acids is 1. The highest BCUT2D eigenvalue weighted by molar-refractivity contribution is 7.99. The summed E-state index contributed by atoms with van der Waals surface area (Å²) in [5.41, 5.74) is 1.10. The van der Waals surface area contributed by atoms with Crippen molar-refractivity contribution in [2.75, 3.05) is 5.75 Å². The maximum atomic E-state index is 10.6. The molecule has 0 saturated carbocycles. The molecule has 0 amide bonds. The third kappa shape index (κ3) is 4.07. The zero-order chi connectivity index (χ0) is 12.8. The molecule has 5 heteroatoms. The molecule has 1 rings (SSSR count). The van der Waals surface area contributed by atoms with Gasteiger partial charge in [0.2, 0.25) is 0 Å². The van der Waals surface area contributed by atoms with Crippen LogP contribution in [0.15, 0.2) is 11.4 Å². The van der Waals surface area contributed by atoms with Crippen molar-refractivity contribution in [1.82, 2.24) is 9.55 Å². The quantitative estimate of drug-likeness (QED) is 0.762. The molecule has 0 aliphatic carbocycles. The van der Waals surface area contributed by atoms with Crippen molar-refractivity contribution in [3.8, 4) is 0 Å². The van der Waals surface area contributed by atoms with Crippen molar-refractivity contribution in [3.05, 3.63) is 11.9 Å². The first-order valence-electron chi connectivity index (χ1n) is 5.95. The molecular weight excluding hydrogens is 236 g/mol. The van der Waals surface area contributed by atoms with E-state index in [1.165, 1.54) is 11.8 Å². The molecule has 0 aliphatic rings. The van der Waals surface area contributed by atoms with E-state index in [1.807, 2.05) is 13.1 Å². The van der Waals surface area contributed by atoms with Gasteiger partial charge in [0.25, 0.3) is 0 Å². The summed E-state index contributed by atoms with van der Waals surface area (Å²) in [4.78, 5) is 14.8. The summed E-state index contributed by atoms with van der Waals surface area (Å²) >= 11 is 1.29. The van der Waals surface area contributed by atoms with E-state index in [0.29, 0.717) is 5.92 Å². The van der Waals surface area contributed by atoms with Crippen LogP contribution in [0.4, 0.5) is 0 Å². The summed E-state index contributed by atoms with van der Waals surface area (Å²) in [5.74, 6) is -0.101. The number of aryl methyl sites for hydroxylation is 1. The van der Waals surface area contributed by atoms with Gasteiger partial charge in [0.15, 0.2) is 5.16 Å². The van der Waals surface area contributed by atoms with Crippen LogP contribution in [0, 0.1) is 12.8 Å². The van der Waals surface area contributed by atoms with E-state index in [1.54, 1.807) is 0 Å². The predicted molar refractivity (Wildman–Crippen MR) is 69.4 cm³/mol. The Balaban J connectivity index is 2.75. The molecule has 0 bridgehead atoms. The second-order valence-corrected chi connectivity index (χ2v) is 5.10. The smallest absolute Gasteiger partial charge is 0.313 e. The molecule has 0 saturated heterocycles. The Bertz CT molecular complexity index is 373. The number of aromatic nitrogens is 2. The first kappa shape index (κ1) is 14.1. The van der Waals surface area contributed by atoms with E-state index in [-0.39, 0.29) is 5.75 Å². The highest BCUT2D eigenvalue weighted by Crippen LogP contribution is 2.21. The minimum absolute atomic E-state index is 0.0688. The minimum Gasteiger partial charge on any atom is -0.481 e. The normalized spacial score (nSPS) is 11.1. The number of carboxylic acid groups (broad SMARTS) is 1. The number of hydrogen-bond donors (Lipinski definition) is 1. The molecule has 1 aromatic heterocycles. The van der Waals surface area contributed by atoms with Crippen LogP contribution >= 0.6 is 11.8 Å². The number of hydrogen-bond acceptors (Lipinski definition) is 3. The van der Waals surface area contributed by atoms with E-state index in [9.17, 15) is 4.79 Å². The van der Waals surface area contributed by atoms with Gasteiger partial charge in [0, 0.05) is 18.4 Å². The van der Waals surface area contributed by atoms with E-state index in [2.05, 4.69) is 23.4 Å². The maximum absolute atomic E-state index is 10.6. The van der Waals surface area contributed by atoms with E-state index in [0.717, 1.165) is 30.2 Å². The standard InChI is InChI=1S/C12H20N2O2S/c1-4-10(5-2)7-14-9(3)6-13-12(14)17-8-11(15)16/h6,10H,4-5,7-8H2,1-3H3,(H,15,16). The topological polar surface area (TPSA) is 55.1 Å². The molecule has 17 heavy (non-hydrogen) atoms. The third-order valence-electron chi connectivity index (χ3n) is 2.94. The molecule has 0 fully saturated rings. The summed E-state index contributed by atoms with van der Waals surface area (Å²) in [6, 6.07) is 0. The lowest BCUT2D eigenvalue weighted by Crippen LogP contribution is -2.12. The summed E-state index contributed by atoms with van der Waals surface area (Å²) in [7, 11) is 0. The highest BCUT2D eigenvalue weighted by atomic mass is 32.2. The summed E-state index contributed by atoms with van der Waals surface area (Å²) in [6.07, 6.45) is 4.08. The largest absolute Gasteiger partial charge is 0.481 e. The van der Waals surface area contributed by atoms with Gasteiger partial charge in [-0.25, -0.2) is 4.98 Å². The monoisotopic (exact) mass is 256 g/mol. The summed E-state index contributed by atoms with van der Waals surface area (Å²) in [6.45, 7) is 7.32. The summed E-state index contributed by atoms with van der Waals surface area (Å²) < 4.78 is 2.13. The van der Waals surface area contributed by atoms with Crippen molar-refractivity contribution in [2.45, 2.75) is 45.3 Å². The molecular formula is C12H20N2O2S. The number of imidazole rings is 1. The average molecular weight is 256 g/mol. The molecule has 1 heterocycles. The molecule has 1 aromatic rings. The van der Waals surface area contributed by atoms with Crippen molar-refractivity contribution in [2.24, 2.45) is 5.92 Å². The molecule has 0 radical (unpaired) electrons. The number of thioether (sulfide) groups is 1. The van der Waals surface area contributed by atoms with E-state index >= 15 is 0 Å². The SMILES string of the molecule is CCC(CC)Cn1c(C)cnc1SCC(=O)O. The second-order valence-electron chi connectivity index (χ2n) is 4.16. The van der Waals surface area contributed by atoms with Crippen LogP contribution < -0.4 is 0 Å². The Morgan fingerprint density at radius 1 is 1.53 bits per heavy atom. The van der Waals surface area contributed by atoms with Crippen molar-refractivity contribution < 1.29 is 9.90 Å². The van der Waals surface area contributed by atoms with Crippen LogP contribution in [-0.4, -0.2) is 26.4 Å². The number of rotatable bonds is 7. The minimum atomic E-state index is -0.801. The molecule has 1 N–H and O–H groups in total. The van der Waals surface area contributed by atoms with Crippen molar-refractivity contribution in [1.29, 1.82) is 0 Å². The second kappa shape index (κ2) is 6.69. The lowest BCUT2D eigenvalue weighted by atomic mass is 10.0. The van der Waals surface area contributed by atoms with Gasteiger partial charge >= 0.3 is 5.97 Å². The van der Waals surface area contributed by atoms with E-state index in [4.69, 9.17) is 5.11 Å². The van der Waals surface area contributed by atoms with Gasteiger partial charge < -0.3 is 9.67 Å². The fraction of sp³-hybridized carbons (Fsp3) is 0.667. The Labute approximate surface area is 106 Å². The van der Waals surface area contributed by atoms with E-state index < -0.39 is 5.97 Å². The third-order valence-corrected chi connectivity index (χ3v) is 3.91. The molecule has 96 valence electrons. The van der Waals surface area contributed by atoms with Gasteiger partial charge in [-0.3, -0.25) is 4.79 Å². The molecule has 0 unspecified atom stereocenters. The van der Waals surface area contributed by atoms with Gasteiger partial charge in [0.05, 0.1) is 5.75 Å². The van der Waals surface area contributed by atoms with Crippen LogP contribution in [0.1, 0.15) is 32.4 Å². The molecule has 0 aromatic carbocycles. The predicted octanol–water partition coefficient (Wildman–Crippen LogP) is 2.80. The Hall–Kier alpha value is -0.970. The highest BCUT2D eigenvalue weighted by Gasteiger charge is 2.12. The Morgan fingerprint density at radius 2 is 2.18 bits per heavy atom. The van der Waals surface area contributed by atoms with Crippen LogP contribution in [0.25, 0.3) is 0 Å². The zero-order valence-corrected chi connectivity index (χ0v) is 11.5. The number of aliphatic carboxylic acids is 1. The molecule has 4 nitrogen and oxygen atoms in total. The summed E-state index contributed by atoms with van der Waals surface area (Å²) in [5, 5.41) is 9.51.